The van der Waals surface area contributed by atoms with E-state index in [9.17, 15) is 9.59 Å². The quantitative estimate of drug-likeness (QED) is 0.764. The van der Waals surface area contributed by atoms with Crippen LogP contribution in [0.4, 0.5) is 0 Å². The number of carbonyl (C=O) groups excluding carboxylic acids is 1. The van der Waals surface area contributed by atoms with Gasteiger partial charge in [-0.1, -0.05) is 36.4 Å². The molecule has 6 heteroatoms. The molecule has 6 nitrogen and oxygen atoms in total. The highest BCUT2D eigenvalue weighted by molar-refractivity contribution is 6.08. The molecule has 2 aromatic carbocycles. The molecule has 23 heavy (non-hydrogen) atoms. The van der Waals surface area contributed by atoms with Crippen molar-refractivity contribution in [3.05, 3.63) is 66.2 Å². The van der Waals surface area contributed by atoms with E-state index in [1.165, 1.54) is 17.1 Å². The molecular formula is C17H15N3O3. The van der Waals surface area contributed by atoms with Crippen LogP contribution in [-0.2, 0) is 11.2 Å². The number of imidazole rings is 1. The van der Waals surface area contributed by atoms with Gasteiger partial charge in [0.25, 0.3) is 5.91 Å². The Morgan fingerprint density at radius 1 is 1.17 bits per heavy atom. The fourth-order valence-electron chi connectivity index (χ4n) is 2.51. The first-order chi connectivity index (χ1) is 11.1. The number of benzene rings is 2. The molecule has 3 rings (SSSR count). The normalized spacial score (nSPS) is 12.2. The number of carboxylic acid groups (broad SMARTS) is 1. The molecule has 3 aromatic rings. The van der Waals surface area contributed by atoms with Crippen molar-refractivity contribution in [3.8, 4) is 0 Å². The van der Waals surface area contributed by atoms with E-state index in [2.05, 4.69) is 4.98 Å². The third kappa shape index (κ3) is 2.84. The summed E-state index contributed by atoms with van der Waals surface area (Å²) in [5.41, 5.74) is 6.56. The Labute approximate surface area is 132 Å². The lowest BCUT2D eigenvalue weighted by molar-refractivity contribution is -0.138. The first kappa shape index (κ1) is 14.9. The molecule has 0 saturated carbocycles. The Hall–Kier alpha value is -2.99. The summed E-state index contributed by atoms with van der Waals surface area (Å²) in [4.78, 5) is 27.7. The number of rotatable bonds is 4. The summed E-state index contributed by atoms with van der Waals surface area (Å²) in [6, 6.07) is 12.0. The van der Waals surface area contributed by atoms with E-state index in [1.807, 2.05) is 36.4 Å². The van der Waals surface area contributed by atoms with Crippen molar-refractivity contribution in [1.82, 2.24) is 9.55 Å². The number of aromatic nitrogens is 2. The SMILES string of the molecule is NC(Cc1cncn1C(=O)c1cccc2ccccc12)C(=O)O. The van der Waals surface area contributed by atoms with Crippen LogP contribution in [0.2, 0.25) is 0 Å². The average Bonchev–Trinajstić information content (AvgIpc) is 3.01. The Kier molecular flexibility index (Phi) is 3.91. The van der Waals surface area contributed by atoms with Gasteiger partial charge >= 0.3 is 5.97 Å². The van der Waals surface area contributed by atoms with Crippen LogP contribution in [0.15, 0.2) is 55.0 Å². The lowest BCUT2D eigenvalue weighted by Crippen LogP contribution is -2.33. The van der Waals surface area contributed by atoms with Gasteiger partial charge in [0.05, 0.1) is 0 Å². The van der Waals surface area contributed by atoms with E-state index < -0.39 is 12.0 Å². The van der Waals surface area contributed by atoms with Crippen molar-refractivity contribution in [1.29, 1.82) is 0 Å². The molecule has 3 N–H and O–H groups in total. The number of nitrogens with zero attached hydrogens (tertiary/aromatic N) is 2. The van der Waals surface area contributed by atoms with Gasteiger partial charge in [0.1, 0.15) is 12.4 Å². The van der Waals surface area contributed by atoms with Gasteiger partial charge in [0.2, 0.25) is 0 Å². The molecule has 1 aromatic heterocycles. The molecule has 0 bridgehead atoms. The Balaban J connectivity index is 2.01. The van der Waals surface area contributed by atoms with Crippen LogP contribution in [-0.4, -0.2) is 32.6 Å². The summed E-state index contributed by atoms with van der Waals surface area (Å²) in [6.45, 7) is 0. The van der Waals surface area contributed by atoms with Gasteiger partial charge in [-0.05, 0) is 16.8 Å². The van der Waals surface area contributed by atoms with Gasteiger partial charge in [-0.3, -0.25) is 14.2 Å². The van der Waals surface area contributed by atoms with E-state index >= 15 is 0 Å². The van der Waals surface area contributed by atoms with Gasteiger partial charge in [0.15, 0.2) is 0 Å². The first-order valence-corrected chi connectivity index (χ1v) is 7.10. The van der Waals surface area contributed by atoms with Crippen LogP contribution >= 0.6 is 0 Å². The fourth-order valence-corrected chi connectivity index (χ4v) is 2.51. The van der Waals surface area contributed by atoms with Crippen molar-refractivity contribution in [2.45, 2.75) is 12.5 Å². The van der Waals surface area contributed by atoms with Gasteiger partial charge in [-0.2, -0.15) is 0 Å². The van der Waals surface area contributed by atoms with E-state index in [0.717, 1.165) is 10.8 Å². The molecule has 0 radical (unpaired) electrons. The fraction of sp³-hybridized carbons (Fsp3) is 0.118. The first-order valence-electron chi connectivity index (χ1n) is 7.10. The summed E-state index contributed by atoms with van der Waals surface area (Å²) in [7, 11) is 0. The van der Waals surface area contributed by atoms with Crippen LogP contribution in [0.1, 0.15) is 16.1 Å². The molecular weight excluding hydrogens is 294 g/mol. The molecule has 1 atom stereocenters. The second-order valence-corrected chi connectivity index (χ2v) is 5.24. The molecule has 0 spiro atoms. The van der Waals surface area contributed by atoms with Gasteiger partial charge < -0.3 is 10.8 Å². The van der Waals surface area contributed by atoms with Crippen LogP contribution < -0.4 is 5.73 Å². The Morgan fingerprint density at radius 3 is 2.70 bits per heavy atom. The molecule has 0 fully saturated rings. The standard InChI is InChI=1S/C17H15N3O3/c18-15(17(22)23)8-12-9-19-10-20(12)16(21)14-7-3-5-11-4-1-2-6-13(11)14/h1-7,9-10,15H,8,18H2,(H,22,23). The zero-order valence-corrected chi connectivity index (χ0v) is 12.2. The maximum absolute atomic E-state index is 12.8. The van der Waals surface area contributed by atoms with Crippen LogP contribution in [0.5, 0.6) is 0 Å². The molecule has 0 aliphatic carbocycles. The third-order valence-electron chi connectivity index (χ3n) is 3.70. The summed E-state index contributed by atoms with van der Waals surface area (Å²) >= 11 is 0. The number of fused-ring (bicyclic) bond motifs is 1. The smallest absolute Gasteiger partial charge is 0.320 e. The van der Waals surface area contributed by atoms with E-state index in [1.54, 1.807) is 6.07 Å². The molecule has 0 aliphatic rings. The number of aliphatic carboxylic acids is 1. The molecule has 1 unspecified atom stereocenters. The monoisotopic (exact) mass is 309 g/mol. The number of carboxylic acids is 1. The third-order valence-corrected chi connectivity index (χ3v) is 3.70. The van der Waals surface area contributed by atoms with E-state index in [0.29, 0.717) is 11.3 Å². The number of hydrogen-bond acceptors (Lipinski definition) is 4. The van der Waals surface area contributed by atoms with Crippen LogP contribution in [0.3, 0.4) is 0 Å². The second-order valence-electron chi connectivity index (χ2n) is 5.24. The minimum absolute atomic E-state index is 0.0336. The second kappa shape index (κ2) is 6.02. The van der Waals surface area contributed by atoms with Crippen molar-refractivity contribution >= 4 is 22.6 Å². The van der Waals surface area contributed by atoms with E-state index in [4.69, 9.17) is 10.8 Å². The maximum Gasteiger partial charge on any atom is 0.320 e. The predicted molar refractivity (Wildman–Crippen MR) is 85.2 cm³/mol. The molecule has 116 valence electrons. The van der Waals surface area contributed by atoms with Crippen molar-refractivity contribution < 1.29 is 14.7 Å². The highest BCUT2D eigenvalue weighted by Crippen LogP contribution is 2.20. The van der Waals surface area contributed by atoms with Gasteiger partial charge in [-0.15, -0.1) is 0 Å². The van der Waals surface area contributed by atoms with Crippen molar-refractivity contribution in [3.63, 3.8) is 0 Å². The lowest BCUT2D eigenvalue weighted by atomic mass is 10.0. The summed E-state index contributed by atoms with van der Waals surface area (Å²) in [5.74, 6) is -1.37. The summed E-state index contributed by atoms with van der Waals surface area (Å²) < 4.78 is 1.35. The van der Waals surface area contributed by atoms with Crippen molar-refractivity contribution in [2.75, 3.05) is 0 Å². The highest BCUT2D eigenvalue weighted by Gasteiger charge is 2.19. The van der Waals surface area contributed by atoms with E-state index in [-0.39, 0.29) is 12.3 Å². The zero-order chi connectivity index (χ0) is 16.4. The molecule has 0 amide bonds. The zero-order valence-electron chi connectivity index (χ0n) is 12.2. The molecule has 1 heterocycles. The summed E-state index contributed by atoms with van der Waals surface area (Å²) in [5, 5.41) is 10.7. The molecule has 0 saturated heterocycles. The Bertz CT molecular complexity index is 880. The van der Waals surface area contributed by atoms with Crippen LogP contribution in [0.25, 0.3) is 10.8 Å². The average molecular weight is 309 g/mol. The van der Waals surface area contributed by atoms with Gasteiger partial charge in [0, 0.05) is 23.9 Å². The van der Waals surface area contributed by atoms with Gasteiger partial charge in [-0.25, -0.2) is 4.98 Å². The number of hydrogen-bond donors (Lipinski definition) is 2. The molecule has 0 aliphatic heterocycles. The minimum Gasteiger partial charge on any atom is -0.480 e. The predicted octanol–water partition coefficient (Wildman–Crippen LogP) is 1.68. The summed E-state index contributed by atoms with van der Waals surface area (Å²) in [6.07, 6.45) is 2.88. The van der Waals surface area contributed by atoms with Crippen LogP contribution in [0, 0.1) is 0 Å². The number of nitrogens with two attached hydrogens (primary N) is 1. The largest absolute Gasteiger partial charge is 0.480 e. The topological polar surface area (TPSA) is 98.2 Å². The van der Waals surface area contributed by atoms with Crippen molar-refractivity contribution in [2.24, 2.45) is 5.73 Å². The number of carbonyl (C=O) groups is 2. The Morgan fingerprint density at radius 2 is 1.91 bits per heavy atom. The minimum atomic E-state index is -1.12. The highest BCUT2D eigenvalue weighted by atomic mass is 16.4. The maximum atomic E-state index is 12.8. The lowest BCUT2D eigenvalue weighted by Gasteiger charge is -2.11.